The molecular weight excluding hydrogens is 294 g/mol. The first kappa shape index (κ1) is 16.3. The topological polar surface area (TPSA) is 60.9 Å². The van der Waals surface area contributed by atoms with Crippen LogP contribution in [0.25, 0.3) is 0 Å². The summed E-state index contributed by atoms with van der Waals surface area (Å²) in [6, 6.07) is -0.178. The lowest BCUT2D eigenvalue weighted by molar-refractivity contribution is -0.136. The summed E-state index contributed by atoms with van der Waals surface area (Å²) in [5, 5.41) is 0. The van der Waals surface area contributed by atoms with Gasteiger partial charge in [0.15, 0.2) is 0 Å². The molecule has 0 aromatic carbocycles. The van der Waals surface area contributed by atoms with Crippen molar-refractivity contribution in [2.45, 2.75) is 64.5 Å². The van der Waals surface area contributed by atoms with Crippen molar-refractivity contribution in [1.29, 1.82) is 0 Å². The van der Waals surface area contributed by atoms with Crippen LogP contribution in [0.3, 0.4) is 0 Å². The number of amides is 4. The molecule has 3 rings (SSSR count). The van der Waals surface area contributed by atoms with Crippen LogP contribution >= 0.6 is 0 Å². The Bertz CT molecular complexity index is 525. The molecule has 23 heavy (non-hydrogen) atoms. The molecule has 3 heterocycles. The van der Waals surface area contributed by atoms with Gasteiger partial charge in [0.05, 0.1) is 0 Å². The molecule has 6 heteroatoms. The first-order valence-corrected chi connectivity index (χ1v) is 8.77. The average molecular weight is 321 g/mol. The maximum atomic E-state index is 12.8. The zero-order valence-corrected chi connectivity index (χ0v) is 14.4. The number of fused-ring (bicyclic) bond motifs is 1. The minimum absolute atomic E-state index is 0.0352. The number of carbonyl (C=O) groups excluding carboxylic acids is 3. The van der Waals surface area contributed by atoms with Crippen LogP contribution in [0.1, 0.15) is 52.9 Å². The van der Waals surface area contributed by atoms with Crippen LogP contribution in [0.2, 0.25) is 0 Å². The number of nitrogens with zero attached hydrogens (tertiary/aromatic N) is 3. The second-order valence-corrected chi connectivity index (χ2v) is 7.70. The fraction of sp³-hybridized carbons (Fsp3) is 0.824. The molecule has 0 N–H and O–H groups in total. The maximum absolute atomic E-state index is 12.8. The van der Waals surface area contributed by atoms with Crippen molar-refractivity contribution >= 4 is 17.8 Å². The van der Waals surface area contributed by atoms with E-state index < -0.39 is 5.54 Å². The monoisotopic (exact) mass is 321 g/mol. The molecule has 0 bridgehead atoms. The van der Waals surface area contributed by atoms with Gasteiger partial charge in [-0.05, 0) is 38.5 Å². The second-order valence-electron chi connectivity index (χ2n) is 7.70. The molecule has 1 unspecified atom stereocenters. The van der Waals surface area contributed by atoms with E-state index in [0.29, 0.717) is 44.8 Å². The minimum atomic E-state index is -0.623. The summed E-state index contributed by atoms with van der Waals surface area (Å²) in [6.07, 6.45) is 3.64. The summed E-state index contributed by atoms with van der Waals surface area (Å²) in [4.78, 5) is 42.6. The second kappa shape index (κ2) is 5.80. The van der Waals surface area contributed by atoms with E-state index in [1.807, 2.05) is 25.7 Å². The highest BCUT2D eigenvalue weighted by atomic mass is 16.2. The Hall–Kier alpha value is -1.59. The van der Waals surface area contributed by atoms with Gasteiger partial charge in [-0.15, -0.1) is 0 Å². The van der Waals surface area contributed by atoms with Crippen LogP contribution in [0.5, 0.6) is 0 Å². The van der Waals surface area contributed by atoms with Crippen LogP contribution in [-0.2, 0) is 9.59 Å². The van der Waals surface area contributed by atoms with E-state index in [-0.39, 0.29) is 23.9 Å². The number of hydrogen-bond donors (Lipinski definition) is 0. The Labute approximate surface area is 137 Å². The highest BCUT2D eigenvalue weighted by Gasteiger charge is 2.58. The summed E-state index contributed by atoms with van der Waals surface area (Å²) < 4.78 is 0. The van der Waals surface area contributed by atoms with E-state index in [1.54, 1.807) is 4.90 Å². The van der Waals surface area contributed by atoms with Crippen molar-refractivity contribution in [3.8, 4) is 0 Å². The normalized spacial score (nSPS) is 29.0. The molecule has 0 aromatic rings. The van der Waals surface area contributed by atoms with E-state index >= 15 is 0 Å². The Kier molecular flexibility index (Phi) is 4.10. The third kappa shape index (κ3) is 2.62. The smallest absolute Gasteiger partial charge is 0.327 e. The maximum Gasteiger partial charge on any atom is 0.327 e. The first-order valence-electron chi connectivity index (χ1n) is 8.77. The molecule has 0 saturated carbocycles. The van der Waals surface area contributed by atoms with Crippen molar-refractivity contribution in [2.75, 3.05) is 19.6 Å². The van der Waals surface area contributed by atoms with E-state index in [4.69, 9.17) is 0 Å². The zero-order chi connectivity index (χ0) is 16.8. The number of imide groups is 1. The van der Waals surface area contributed by atoms with Crippen LogP contribution in [-0.4, -0.2) is 63.8 Å². The van der Waals surface area contributed by atoms with Crippen molar-refractivity contribution in [1.82, 2.24) is 14.7 Å². The Morgan fingerprint density at radius 3 is 2.43 bits per heavy atom. The van der Waals surface area contributed by atoms with E-state index in [2.05, 4.69) is 0 Å². The molecule has 0 aliphatic carbocycles. The summed E-state index contributed by atoms with van der Waals surface area (Å²) in [5.74, 6) is 0.506. The largest absolute Gasteiger partial charge is 0.343 e. The fourth-order valence-electron chi connectivity index (χ4n) is 4.14. The van der Waals surface area contributed by atoms with Gasteiger partial charge in [0.2, 0.25) is 5.91 Å². The molecule has 3 fully saturated rings. The first-order chi connectivity index (χ1) is 10.8. The Morgan fingerprint density at radius 2 is 1.87 bits per heavy atom. The van der Waals surface area contributed by atoms with Crippen LogP contribution in [0, 0.1) is 5.92 Å². The quantitative estimate of drug-likeness (QED) is 0.745. The van der Waals surface area contributed by atoms with Crippen molar-refractivity contribution in [3.05, 3.63) is 0 Å². The van der Waals surface area contributed by atoms with E-state index in [1.165, 1.54) is 4.90 Å². The summed E-state index contributed by atoms with van der Waals surface area (Å²) in [6.45, 7) is 7.94. The van der Waals surface area contributed by atoms with Gasteiger partial charge in [0.1, 0.15) is 5.54 Å². The third-order valence-corrected chi connectivity index (χ3v) is 5.52. The van der Waals surface area contributed by atoms with Gasteiger partial charge in [0.25, 0.3) is 5.91 Å². The number of piperidine rings is 1. The SMILES string of the molecule is CC(C)CC(=O)N1CCC(N2C(=O)N3CCCC3(C)C2=O)CC1. The van der Waals surface area contributed by atoms with Crippen LogP contribution in [0.15, 0.2) is 0 Å². The summed E-state index contributed by atoms with van der Waals surface area (Å²) >= 11 is 0. The molecular formula is C17H27N3O3. The van der Waals surface area contributed by atoms with Crippen LogP contribution < -0.4 is 0 Å². The van der Waals surface area contributed by atoms with Crippen LogP contribution in [0.4, 0.5) is 4.79 Å². The molecule has 4 amide bonds. The lowest BCUT2D eigenvalue weighted by Gasteiger charge is -2.36. The number of rotatable bonds is 3. The number of carbonyl (C=O) groups is 3. The van der Waals surface area contributed by atoms with Gasteiger partial charge < -0.3 is 9.80 Å². The summed E-state index contributed by atoms with van der Waals surface area (Å²) in [5.41, 5.74) is -0.623. The number of hydrogen-bond acceptors (Lipinski definition) is 3. The van der Waals surface area contributed by atoms with E-state index in [0.717, 1.165) is 12.8 Å². The number of likely N-dealkylation sites (tertiary alicyclic amines) is 1. The lowest BCUT2D eigenvalue weighted by atomic mass is 9.97. The molecule has 0 spiro atoms. The molecule has 3 saturated heterocycles. The Morgan fingerprint density at radius 1 is 1.22 bits per heavy atom. The summed E-state index contributed by atoms with van der Waals surface area (Å²) in [7, 11) is 0. The standard InChI is InChI=1S/C17H27N3O3/c1-12(2)11-14(21)18-9-5-13(6-10-18)20-15(22)17(3)7-4-8-19(17)16(20)23/h12-13H,4-11H2,1-3H3. The molecule has 128 valence electrons. The predicted octanol–water partition coefficient (Wildman–Crippen LogP) is 1.84. The third-order valence-electron chi connectivity index (χ3n) is 5.52. The molecule has 3 aliphatic rings. The Balaban J connectivity index is 1.63. The average Bonchev–Trinajstić information content (AvgIpc) is 2.97. The molecule has 0 aromatic heterocycles. The van der Waals surface area contributed by atoms with Gasteiger partial charge in [0, 0.05) is 32.1 Å². The fourth-order valence-corrected chi connectivity index (χ4v) is 4.14. The van der Waals surface area contributed by atoms with E-state index in [9.17, 15) is 14.4 Å². The minimum Gasteiger partial charge on any atom is -0.343 e. The van der Waals surface area contributed by atoms with Gasteiger partial charge >= 0.3 is 6.03 Å². The van der Waals surface area contributed by atoms with Gasteiger partial charge in [-0.25, -0.2) is 4.79 Å². The number of urea groups is 1. The van der Waals surface area contributed by atoms with Crippen molar-refractivity contribution in [2.24, 2.45) is 5.92 Å². The van der Waals surface area contributed by atoms with Gasteiger partial charge in [-0.2, -0.15) is 0 Å². The predicted molar refractivity (Wildman–Crippen MR) is 85.6 cm³/mol. The van der Waals surface area contributed by atoms with Gasteiger partial charge in [-0.3, -0.25) is 14.5 Å². The van der Waals surface area contributed by atoms with Crippen molar-refractivity contribution < 1.29 is 14.4 Å². The van der Waals surface area contributed by atoms with Crippen molar-refractivity contribution in [3.63, 3.8) is 0 Å². The lowest BCUT2D eigenvalue weighted by Crippen LogP contribution is -2.50. The zero-order valence-electron chi connectivity index (χ0n) is 14.4. The highest BCUT2D eigenvalue weighted by Crippen LogP contribution is 2.39. The highest BCUT2D eigenvalue weighted by molar-refractivity contribution is 6.07. The molecule has 1 atom stereocenters. The molecule has 6 nitrogen and oxygen atoms in total. The van der Waals surface area contributed by atoms with Gasteiger partial charge in [-0.1, -0.05) is 13.8 Å². The molecule has 3 aliphatic heterocycles. The molecule has 0 radical (unpaired) electrons.